The normalized spacial score (nSPS) is 20.3. The molecule has 0 unspecified atom stereocenters. The van der Waals surface area contributed by atoms with Crippen LogP contribution in [0.3, 0.4) is 0 Å². The highest BCUT2D eigenvalue weighted by molar-refractivity contribution is 6.13. The molecule has 0 atom stereocenters. The van der Waals surface area contributed by atoms with Crippen molar-refractivity contribution >= 4 is 21.9 Å². The fraction of sp³-hybridized carbons (Fsp3) is 0.207. The molecule has 1 aliphatic rings. The van der Waals surface area contributed by atoms with E-state index in [4.69, 9.17) is 14.0 Å². The number of nitrogens with zero attached hydrogens (tertiary/aromatic N) is 1. The molecule has 0 amide bonds. The molecule has 0 N–H and O–H groups in total. The van der Waals surface area contributed by atoms with Crippen molar-refractivity contribution in [3.8, 4) is 22.4 Å². The Morgan fingerprint density at radius 2 is 1.84 bits per heavy atom. The van der Waals surface area contributed by atoms with E-state index in [2.05, 4.69) is 0 Å². The molecule has 0 radical (unpaired) electrons. The van der Waals surface area contributed by atoms with Crippen molar-refractivity contribution in [2.24, 2.45) is 7.05 Å². The molecule has 152 valence electrons. The third-order valence-electron chi connectivity index (χ3n) is 6.16. The zero-order valence-corrected chi connectivity index (χ0v) is 17.4. The maximum atomic E-state index is 8.71. The molecular weight excluding hydrogens is 378 g/mol. The number of fused-ring (bicyclic) bond motifs is 4. The van der Waals surface area contributed by atoms with Crippen LogP contribution in [0, 0.1) is 13.8 Å². The van der Waals surface area contributed by atoms with Crippen LogP contribution in [-0.4, -0.2) is 0 Å². The van der Waals surface area contributed by atoms with Crippen LogP contribution in [0.1, 0.15) is 38.3 Å². The number of aryl methyl sites for hydroxylation is 4. The monoisotopic (exact) mass is 411 g/mol. The molecule has 0 fully saturated rings. The summed E-state index contributed by atoms with van der Waals surface area (Å²) >= 11 is 0. The maximum Gasteiger partial charge on any atom is 0.216 e. The average molecular weight is 412 g/mol. The van der Waals surface area contributed by atoms with Crippen molar-refractivity contribution in [3.05, 3.63) is 89.1 Å². The van der Waals surface area contributed by atoms with E-state index in [1.54, 1.807) is 6.07 Å². The lowest BCUT2D eigenvalue weighted by molar-refractivity contribution is -0.660. The SMILES string of the molecule is [2H]C([2H])([2H])c1cc(-c2cccc3c2oc2c(-c4cccc[n+]4C)c(C)ccc23)c2c(c1)C([2H])([2H])CC2([2H])[2H]. The number of rotatable bonds is 2. The predicted molar refractivity (Wildman–Crippen MR) is 127 cm³/mol. The lowest BCUT2D eigenvalue weighted by Crippen LogP contribution is -2.30. The van der Waals surface area contributed by atoms with Gasteiger partial charge in [-0.3, -0.25) is 0 Å². The van der Waals surface area contributed by atoms with Gasteiger partial charge in [-0.15, -0.1) is 0 Å². The van der Waals surface area contributed by atoms with Gasteiger partial charge in [-0.2, -0.15) is 0 Å². The van der Waals surface area contributed by atoms with Crippen LogP contribution in [0.25, 0.3) is 44.3 Å². The summed E-state index contributed by atoms with van der Waals surface area (Å²) in [7, 11) is 1.97. The lowest BCUT2D eigenvalue weighted by atomic mass is 9.93. The minimum absolute atomic E-state index is 0.0196. The van der Waals surface area contributed by atoms with Crippen LogP contribution in [0.15, 0.2) is 71.3 Å². The Balaban J connectivity index is 1.72. The molecule has 2 aromatic heterocycles. The van der Waals surface area contributed by atoms with Crippen molar-refractivity contribution in [1.82, 2.24) is 0 Å². The van der Waals surface area contributed by atoms with E-state index in [0.29, 0.717) is 22.3 Å². The second-order valence-electron chi connectivity index (χ2n) is 8.09. The second kappa shape index (κ2) is 6.81. The molecule has 0 saturated heterocycles. The Kier molecular flexibility index (Phi) is 2.74. The smallest absolute Gasteiger partial charge is 0.216 e. The van der Waals surface area contributed by atoms with Crippen molar-refractivity contribution in [1.29, 1.82) is 0 Å². The molecule has 0 saturated carbocycles. The molecule has 2 heteroatoms. The molecule has 3 aromatic carbocycles. The zero-order chi connectivity index (χ0) is 27.2. The predicted octanol–water partition coefficient (Wildman–Crippen LogP) is 6.85. The number of furan rings is 1. The number of aromatic nitrogens is 1. The van der Waals surface area contributed by atoms with Gasteiger partial charge in [-0.05, 0) is 61.3 Å². The van der Waals surface area contributed by atoms with Gasteiger partial charge >= 0.3 is 0 Å². The fourth-order valence-corrected chi connectivity index (χ4v) is 4.69. The van der Waals surface area contributed by atoms with Gasteiger partial charge in [0.15, 0.2) is 6.20 Å². The van der Waals surface area contributed by atoms with Gasteiger partial charge in [0.2, 0.25) is 5.69 Å². The van der Waals surface area contributed by atoms with Crippen molar-refractivity contribution in [2.75, 3.05) is 0 Å². The van der Waals surface area contributed by atoms with Crippen LogP contribution in [0.2, 0.25) is 0 Å². The number of pyridine rings is 1. The first-order chi connectivity index (χ1) is 17.8. The third kappa shape index (κ3) is 2.75. The number of para-hydroxylation sites is 1. The molecule has 0 spiro atoms. The van der Waals surface area contributed by atoms with Crippen LogP contribution in [0.5, 0.6) is 0 Å². The highest BCUT2D eigenvalue weighted by atomic mass is 16.3. The topological polar surface area (TPSA) is 17.0 Å². The van der Waals surface area contributed by atoms with E-state index in [0.717, 1.165) is 27.6 Å². The maximum absolute atomic E-state index is 8.71. The van der Waals surface area contributed by atoms with Crippen molar-refractivity contribution < 1.29 is 18.6 Å². The lowest BCUT2D eigenvalue weighted by Gasteiger charge is -2.11. The summed E-state index contributed by atoms with van der Waals surface area (Å²) in [4.78, 5) is 0. The molecule has 5 aromatic rings. The van der Waals surface area contributed by atoms with Crippen molar-refractivity contribution in [2.45, 2.75) is 32.9 Å². The first-order valence-electron chi connectivity index (χ1n) is 13.9. The van der Waals surface area contributed by atoms with Crippen LogP contribution in [-0.2, 0) is 19.8 Å². The molecule has 0 bridgehead atoms. The van der Waals surface area contributed by atoms with Gasteiger partial charge in [0.05, 0.1) is 5.56 Å². The average Bonchev–Trinajstić information content (AvgIpc) is 3.30. The Morgan fingerprint density at radius 3 is 2.71 bits per heavy atom. The van der Waals surface area contributed by atoms with Crippen molar-refractivity contribution in [3.63, 3.8) is 0 Å². The Labute approximate surface area is 192 Å². The third-order valence-corrected chi connectivity index (χ3v) is 6.16. The largest absolute Gasteiger partial charge is 0.454 e. The second-order valence-corrected chi connectivity index (χ2v) is 8.09. The number of hydrogen-bond donors (Lipinski definition) is 0. The van der Waals surface area contributed by atoms with Gasteiger partial charge < -0.3 is 4.42 Å². The molecule has 6 rings (SSSR count). The van der Waals surface area contributed by atoms with E-state index in [-0.39, 0.29) is 23.1 Å². The first kappa shape index (κ1) is 12.5. The molecule has 31 heavy (non-hydrogen) atoms. The fourth-order valence-electron chi connectivity index (χ4n) is 4.69. The Morgan fingerprint density at radius 1 is 0.935 bits per heavy atom. The first-order valence-corrected chi connectivity index (χ1v) is 10.4. The summed E-state index contributed by atoms with van der Waals surface area (Å²) in [5.41, 5.74) is 5.32. The van der Waals surface area contributed by atoms with E-state index >= 15 is 0 Å². The molecule has 0 aliphatic heterocycles. The van der Waals surface area contributed by atoms with Gasteiger partial charge in [-0.1, -0.05) is 48.0 Å². The van der Waals surface area contributed by atoms with Gasteiger partial charge in [0.1, 0.15) is 18.2 Å². The van der Waals surface area contributed by atoms with Gasteiger partial charge in [0, 0.05) is 38.1 Å². The molecular formula is C29H26NO+. The Hall–Kier alpha value is -3.39. The highest BCUT2D eigenvalue weighted by Gasteiger charge is 2.23. The summed E-state index contributed by atoms with van der Waals surface area (Å²) in [6.45, 7) is -0.456. The highest BCUT2D eigenvalue weighted by Crippen LogP contribution is 2.42. The van der Waals surface area contributed by atoms with E-state index < -0.39 is 19.6 Å². The quantitative estimate of drug-likeness (QED) is 0.290. The van der Waals surface area contributed by atoms with E-state index in [1.165, 1.54) is 12.1 Å². The van der Waals surface area contributed by atoms with E-state index in [1.807, 2.05) is 67.2 Å². The standard InChI is InChI=1S/C29H26NO/c1-18-16-20-8-6-9-21(20)25(17-18)23-11-7-10-22-24-14-13-19(2)27(29(24)31-28(22)23)26-12-4-5-15-30(26)3/h4-5,7,10-17H,6,8-9H2,1-3H3/q+1/i1D3,8D2,9D2. The van der Waals surface area contributed by atoms with Gasteiger partial charge in [0.25, 0.3) is 0 Å². The summed E-state index contributed by atoms with van der Waals surface area (Å²) in [5, 5.41) is 1.72. The Bertz CT molecular complexity index is 1770. The van der Waals surface area contributed by atoms with Crippen LogP contribution in [0.4, 0.5) is 0 Å². The summed E-state index contributed by atoms with van der Waals surface area (Å²) in [6, 6.07) is 18.4. The summed E-state index contributed by atoms with van der Waals surface area (Å²) < 4.78 is 67.2. The van der Waals surface area contributed by atoms with Gasteiger partial charge in [-0.25, -0.2) is 4.57 Å². The molecule has 2 heterocycles. The molecule has 1 aliphatic carbocycles. The number of benzene rings is 3. The number of hydrogen-bond acceptors (Lipinski definition) is 1. The minimum atomic E-state index is -2.48. The summed E-state index contributed by atoms with van der Waals surface area (Å²) in [6.07, 6.45) is -2.38. The molecule has 2 nitrogen and oxygen atoms in total. The van der Waals surface area contributed by atoms with Crippen LogP contribution >= 0.6 is 0 Å². The van der Waals surface area contributed by atoms with E-state index in [9.17, 15) is 0 Å². The zero-order valence-electron chi connectivity index (χ0n) is 24.4. The summed E-state index contributed by atoms with van der Waals surface area (Å²) in [5.74, 6) is 0. The van der Waals surface area contributed by atoms with Crippen LogP contribution < -0.4 is 4.57 Å². The minimum Gasteiger partial charge on any atom is -0.454 e.